The molecule has 34 heavy (non-hydrogen) atoms. The van der Waals surface area contributed by atoms with Gasteiger partial charge in [-0.2, -0.15) is 0 Å². The van der Waals surface area contributed by atoms with Gasteiger partial charge in [-0.25, -0.2) is 0 Å². The molecule has 2 N–H and O–H groups in total. The Morgan fingerprint density at radius 1 is 0.735 bits per heavy atom. The summed E-state index contributed by atoms with van der Waals surface area (Å²) in [5, 5.41) is 6.03. The number of hydrogen-bond acceptors (Lipinski definition) is 5. The highest BCUT2D eigenvalue weighted by molar-refractivity contribution is 5.95. The van der Waals surface area contributed by atoms with Crippen LogP contribution in [0.3, 0.4) is 0 Å². The van der Waals surface area contributed by atoms with Gasteiger partial charge in [0.2, 0.25) is 0 Å². The molecule has 2 aliphatic rings. The molecule has 0 radical (unpaired) electrons. The van der Waals surface area contributed by atoms with Crippen molar-refractivity contribution in [3.05, 3.63) is 95.6 Å². The van der Waals surface area contributed by atoms with Crippen molar-refractivity contribution in [2.24, 2.45) is 0 Å². The number of hydrogen-bond donors (Lipinski definition) is 2. The summed E-state index contributed by atoms with van der Waals surface area (Å²) in [7, 11) is 0. The Morgan fingerprint density at radius 3 is 1.91 bits per heavy atom. The summed E-state index contributed by atoms with van der Waals surface area (Å²) in [4.78, 5) is 25.6. The topological polar surface area (TPSA) is 85.9 Å². The van der Waals surface area contributed by atoms with Gasteiger partial charge < -0.3 is 24.8 Å². The molecule has 2 fully saturated rings. The molecule has 4 atom stereocenters. The highest BCUT2D eigenvalue weighted by atomic mass is 16.6. The average molecular weight is 459 g/mol. The number of nitrogens with one attached hydrogen (secondary N) is 2. The maximum absolute atomic E-state index is 12.9. The number of para-hydroxylation sites is 1. The Kier molecular flexibility index (Phi) is 6.29. The summed E-state index contributed by atoms with van der Waals surface area (Å²) in [6.45, 7) is 2.60. The summed E-state index contributed by atoms with van der Waals surface area (Å²) in [5.74, 6) is 0.883. The smallest absolute Gasteiger partial charge is 0.251 e. The molecule has 3 aromatic rings. The van der Waals surface area contributed by atoms with Crippen LogP contribution >= 0.6 is 0 Å². The molecule has 0 aliphatic carbocycles. The number of rotatable bonds is 6. The number of fused-ring (bicyclic) bond motifs is 1. The van der Waals surface area contributed by atoms with Crippen molar-refractivity contribution in [1.29, 1.82) is 0 Å². The molecule has 5 rings (SSSR count). The van der Waals surface area contributed by atoms with Crippen LogP contribution in [0.25, 0.3) is 0 Å². The van der Waals surface area contributed by atoms with Crippen molar-refractivity contribution >= 4 is 11.8 Å². The van der Waals surface area contributed by atoms with Crippen LogP contribution in [0.5, 0.6) is 11.5 Å². The monoisotopic (exact) mass is 458 g/mol. The molecule has 0 spiro atoms. The second-order valence-electron chi connectivity index (χ2n) is 8.57. The van der Waals surface area contributed by atoms with Gasteiger partial charge in [0.15, 0.2) is 0 Å². The Balaban J connectivity index is 1.19. The normalized spacial score (nSPS) is 23.2. The van der Waals surface area contributed by atoms with Crippen LogP contribution in [-0.2, 0) is 9.47 Å². The van der Waals surface area contributed by atoms with E-state index in [4.69, 9.17) is 14.2 Å². The molecule has 4 unspecified atom stereocenters. The van der Waals surface area contributed by atoms with Crippen molar-refractivity contribution in [3.8, 4) is 11.5 Å². The van der Waals surface area contributed by atoms with Crippen LogP contribution in [0.15, 0.2) is 78.9 Å². The minimum absolute atomic E-state index is 0.163. The third kappa shape index (κ3) is 4.81. The molecule has 174 valence electrons. The summed E-state index contributed by atoms with van der Waals surface area (Å²) >= 11 is 0. The van der Waals surface area contributed by atoms with Crippen molar-refractivity contribution in [2.75, 3.05) is 13.2 Å². The van der Waals surface area contributed by atoms with Gasteiger partial charge in [0.1, 0.15) is 23.7 Å². The van der Waals surface area contributed by atoms with E-state index < -0.39 is 0 Å². The van der Waals surface area contributed by atoms with E-state index in [1.165, 1.54) is 0 Å². The van der Waals surface area contributed by atoms with Crippen LogP contribution < -0.4 is 15.4 Å². The first-order valence-electron chi connectivity index (χ1n) is 11.3. The molecule has 2 saturated heterocycles. The SMILES string of the molecule is Cc1cccc(C(=O)NC2COC3C(NC(=O)c4cccc(Oc5ccccc5)c4)COC23)c1. The standard InChI is InChI=1S/C27H26N2O5/c1-17-7-5-8-18(13-17)26(30)28-22-15-32-25-23(16-33-24(22)25)29-27(31)19-9-6-12-21(14-19)34-20-10-3-2-4-11-20/h2-14,22-25H,15-16H2,1H3,(H,28,30)(H,29,31). The Morgan fingerprint density at radius 2 is 1.29 bits per heavy atom. The lowest BCUT2D eigenvalue weighted by molar-refractivity contribution is 0.0628. The van der Waals surface area contributed by atoms with E-state index in [2.05, 4.69) is 10.6 Å². The molecule has 0 aromatic heterocycles. The number of aryl methyl sites for hydroxylation is 1. The minimum Gasteiger partial charge on any atom is -0.457 e. The first-order valence-corrected chi connectivity index (χ1v) is 11.3. The number of carbonyl (C=O) groups is 2. The summed E-state index contributed by atoms with van der Waals surface area (Å²) in [6, 6.07) is 23.3. The second-order valence-corrected chi connectivity index (χ2v) is 8.57. The van der Waals surface area contributed by atoms with Gasteiger partial charge in [-0.05, 0) is 49.4 Å². The van der Waals surface area contributed by atoms with Crippen LogP contribution in [0, 0.1) is 6.92 Å². The minimum atomic E-state index is -0.324. The highest BCUT2D eigenvalue weighted by Gasteiger charge is 2.48. The van der Waals surface area contributed by atoms with Crippen molar-refractivity contribution in [2.45, 2.75) is 31.2 Å². The molecule has 0 bridgehead atoms. The van der Waals surface area contributed by atoms with Crippen molar-refractivity contribution in [3.63, 3.8) is 0 Å². The lowest BCUT2D eigenvalue weighted by Crippen LogP contribution is -2.46. The van der Waals surface area contributed by atoms with Crippen LogP contribution in [0.4, 0.5) is 0 Å². The quantitative estimate of drug-likeness (QED) is 0.591. The van der Waals surface area contributed by atoms with Gasteiger partial charge in [-0.3, -0.25) is 9.59 Å². The molecule has 7 nitrogen and oxygen atoms in total. The zero-order valence-corrected chi connectivity index (χ0v) is 18.8. The van der Waals surface area contributed by atoms with E-state index in [1.54, 1.807) is 30.3 Å². The van der Waals surface area contributed by atoms with Gasteiger partial charge in [0.25, 0.3) is 11.8 Å². The molecule has 3 aromatic carbocycles. The van der Waals surface area contributed by atoms with E-state index >= 15 is 0 Å². The number of benzene rings is 3. The molecule has 2 amide bonds. The van der Waals surface area contributed by atoms with Crippen LogP contribution in [0.1, 0.15) is 26.3 Å². The molecular weight excluding hydrogens is 432 g/mol. The number of amides is 2. The van der Waals surface area contributed by atoms with Gasteiger partial charge in [-0.15, -0.1) is 0 Å². The fraction of sp³-hybridized carbons (Fsp3) is 0.259. The fourth-order valence-electron chi connectivity index (χ4n) is 4.36. The highest BCUT2D eigenvalue weighted by Crippen LogP contribution is 2.28. The zero-order chi connectivity index (χ0) is 23.5. The second kappa shape index (κ2) is 9.67. The third-order valence-corrected chi connectivity index (χ3v) is 6.04. The lowest BCUT2D eigenvalue weighted by atomic mass is 10.0. The molecule has 7 heteroatoms. The summed E-state index contributed by atoms with van der Waals surface area (Å²) in [6.07, 6.45) is -0.637. The fourth-order valence-corrected chi connectivity index (χ4v) is 4.36. The largest absolute Gasteiger partial charge is 0.457 e. The zero-order valence-electron chi connectivity index (χ0n) is 18.8. The Labute approximate surface area is 198 Å². The molecular formula is C27H26N2O5. The van der Waals surface area contributed by atoms with Gasteiger partial charge in [0, 0.05) is 11.1 Å². The van der Waals surface area contributed by atoms with Crippen molar-refractivity contribution < 1.29 is 23.8 Å². The van der Waals surface area contributed by atoms with E-state index in [-0.39, 0.29) is 36.1 Å². The van der Waals surface area contributed by atoms with Crippen LogP contribution in [-0.4, -0.2) is 49.3 Å². The van der Waals surface area contributed by atoms with Gasteiger partial charge in [-0.1, -0.05) is 42.0 Å². The first kappa shape index (κ1) is 22.1. The van der Waals surface area contributed by atoms with Gasteiger partial charge in [0.05, 0.1) is 25.3 Å². The maximum Gasteiger partial charge on any atom is 0.251 e. The molecule has 2 heterocycles. The predicted octanol–water partition coefficient (Wildman–Crippen LogP) is 3.48. The summed E-state index contributed by atoms with van der Waals surface area (Å²) in [5.41, 5.74) is 2.11. The molecule has 0 saturated carbocycles. The van der Waals surface area contributed by atoms with E-state index in [1.807, 2.05) is 55.5 Å². The predicted molar refractivity (Wildman–Crippen MR) is 126 cm³/mol. The van der Waals surface area contributed by atoms with Crippen molar-refractivity contribution in [1.82, 2.24) is 10.6 Å². The summed E-state index contributed by atoms with van der Waals surface area (Å²) < 4.78 is 17.7. The molecule has 2 aliphatic heterocycles. The van der Waals surface area contributed by atoms with E-state index in [9.17, 15) is 9.59 Å². The lowest BCUT2D eigenvalue weighted by Gasteiger charge is -2.18. The Bertz CT molecular complexity index is 1180. The van der Waals surface area contributed by atoms with E-state index in [0.717, 1.165) is 5.56 Å². The number of carbonyl (C=O) groups excluding carboxylic acids is 2. The Hall–Kier alpha value is -3.68. The van der Waals surface area contributed by atoms with Crippen LogP contribution in [0.2, 0.25) is 0 Å². The number of ether oxygens (including phenoxy) is 3. The maximum atomic E-state index is 12.9. The first-order chi connectivity index (χ1) is 16.6. The third-order valence-electron chi connectivity index (χ3n) is 6.04. The average Bonchev–Trinajstić information content (AvgIpc) is 3.43. The van der Waals surface area contributed by atoms with Gasteiger partial charge >= 0.3 is 0 Å². The van der Waals surface area contributed by atoms with E-state index in [0.29, 0.717) is 35.8 Å².